The zero-order valence-corrected chi connectivity index (χ0v) is 12.6. The zero-order valence-electron chi connectivity index (χ0n) is 12.6. The molecule has 6 heteroatoms. The summed E-state index contributed by atoms with van der Waals surface area (Å²) >= 11 is 0. The first kappa shape index (κ1) is 14.4. The number of fused-ring (bicyclic) bond motifs is 3. The molecule has 1 aromatic heterocycles. The minimum atomic E-state index is -0.0943. The molecule has 22 heavy (non-hydrogen) atoms. The fraction of sp³-hybridized carbons (Fsp3) is 0.375. The van der Waals surface area contributed by atoms with Crippen molar-refractivity contribution in [2.75, 3.05) is 18.0 Å². The van der Waals surface area contributed by atoms with Crippen LogP contribution in [0.15, 0.2) is 34.1 Å². The van der Waals surface area contributed by atoms with Crippen molar-refractivity contribution in [3.05, 3.63) is 29.7 Å². The number of rotatable bonds is 5. The summed E-state index contributed by atoms with van der Waals surface area (Å²) in [6.07, 6.45) is 10.2. The molecule has 2 aliphatic rings. The number of hydrogen-bond acceptors (Lipinski definition) is 5. The average Bonchev–Trinajstić information content (AvgIpc) is 2.58. The number of hydrogen-bond donors (Lipinski definition) is 1. The van der Waals surface area contributed by atoms with Crippen LogP contribution < -0.4 is 10.2 Å². The van der Waals surface area contributed by atoms with Crippen LogP contribution in [-0.4, -0.2) is 36.4 Å². The van der Waals surface area contributed by atoms with E-state index in [9.17, 15) is 4.79 Å². The highest BCUT2D eigenvalue weighted by Crippen LogP contribution is 2.33. The Hall–Kier alpha value is -2.50. The second-order valence-electron chi connectivity index (χ2n) is 5.28. The lowest BCUT2D eigenvalue weighted by Crippen LogP contribution is -2.30. The Balaban J connectivity index is 1.73. The maximum Gasteiger partial charge on any atom is 0.252 e. The van der Waals surface area contributed by atoms with E-state index in [-0.39, 0.29) is 5.91 Å². The van der Waals surface area contributed by atoms with Crippen LogP contribution in [0.2, 0.25) is 0 Å². The lowest BCUT2D eigenvalue weighted by molar-refractivity contribution is 0.0952. The van der Waals surface area contributed by atoms with Gasteiger partial charge in [0.1, 0.15) is 5.69 Å². The smallest absolute Gasteiger partial charge is 0.252 e. The SMILES string of the molecule is CCCCCNC(=O)c1cnc2c(c1)N=CC1=CN=CCN12. The van der Waals surface area contributed by atoms with E-state index in [0.29, 0.717) is 24.3 Å². The summed E-state index contributed by atoms with van der Waals surface area (Å²) in [6, 6.07) is 1.79. The zero-order chi connectivity index (χ0) is 15.4. The van der Waals surface area contributed by atoms with Gasteiger partial charge in [0.25, 0.3) is 5.91 Å². The van der Waals surface area contributed by atoms with Gasteiger partial charge in [-0.2, -0.15) is 0 Å². The number of pyridine rings is 1. The summed E-state index contributed by atoms with van der Waals surface area (Å²) in [4.78, 5) is 27.1. The van der Waals surface area contributed by atoms with Gasteiger partial charge in [-0.25, -0.2) is 4.98 Å². The molecular formula is C16H19N5O. The van der Waals surface area contributed by atoms with Crippen molar-refractivity contribution in [3.63, 3.8) is 0 Å². The fourth-order valence-electron chi connectivity index (χ4n) is 2.43. The Morgan fingerprint density at radius 2 is 2.32 bits per heavy atom. The van der Waals surface area contributed by atoms with Crippen LogP contribution in [0.4, 0.5) is 11.5 Å². The number of aromatic nitrogens is 1. The van der Waals surface area contributed by atoms with Gasteiger partial charge in [-0.15, -0.1) is 0 Å². The minimum Gasteiger partial charge on any atom is -0.352 e. The molecule has 0 atom stereocenters. The van der Waals surface area contributed by atoms with Crippen molar-refractivity contribution in [1.82, 2.24) is 10.3 Å². The van der Waals surface area contributed by atoms with E-state index in [4.69, 9.17) is 0 Å². The molecule has 2 aliphatic heterocycles. The Bertz CT molecular complexity index is 663. The average molecular weight is 297 g/mol. The lowest BCUT2D eigenvalue weighted by atomic mass is 10.2. The van der Waals surface area contributed by atoms with Crippen molar-refractivity contribution in [2.45, 2.75) is 26.2 Å². The standard InChI is InChI=1S/C16H19N5O/c1-2-3-4-5-18-16(22)12-8-14-15(20-9-12)21-7-6-17-10-13(21)11-19-14/h6,8-11H,2-5,7H2,1H3,(H,18,22). The molecule has 0 saturated carbocycles. The molecule has 0 aromatic carbocycles. The second kappa shape index (κ2) is 6.51. The molecule has 1 amide bonds. The maximum absolute atomic E-state index is 12.1. The molecule has 3 heterocycles. The Labute approximate surface area is 129 Å². The van der Waals surface area contributed by atoms with E-state index in [0.717, 1.165) is 30.8 Å². The van der Waals surface area contributed by atoms with Crippen molar-refractivity contribution in [3.8, 4) is 0 Å². The largest absolute Gasteiger partial charge is 0.352 e. The molecular weight excluding hydrogens is 278 g/mol. The third kappa shape index (κ3) is 2.90. The van der Waals surface area contributed by atoms with Crippen molar-refractivity contribution in [1.29, 1.82) is 0 Å². The molecule has 3 rings (SSSR count). The van der Waals surface area contributed by atoms with Crippen molar-refractivity contribution >= 4 is 29.8 Å². The molecule has 0 aliphatic carbocycles. The van der Waals surface area contributed by atoms with E-state index in [1.807, 2.05) is 11.1 Å². The first-order valence-corrected chi connectivity index (χ1v) is 7.61. The van der Waals surface area contributed by atoms with E-state index in [2.05, 4.69) is 27.2 Å². The molecule has 0 unspecified atom stereocenters. The van der Waals surface area contributed by atoms with Crippen LogP contribution >= 0.6 is 0 Å². The summed E-state index contributed by atoms with van der Waals surface area (Å²) in [5.41, 5.74) is 2.18. The minimum absolute atomic E-state index is 0.0943. The molecule has 0 radical (unpaired) electrons. The summed E-state index contributed by atoms with van der Waals surface area (Å²) in [5.74, 6) is 0.672. The Morgan fingerprint density at radius 3 is 3.18 bits per heavy atom. The lowest BCUT2D eigenvalue weighted by Gasteiger charge is -2.28. The fourth-order valence-corrected chi connectivity index (χ4v) is 2.43. The van der Waals surface area contributed by atoms with Gasteiger partial charge in [0.15, 0.2) is 5.82 Å². The van der Waals surface area contributed by atoms with Crippen molar-refractivity contribution < 1.29 is 4.79 Å². The Kier molecular flexibility index (Phi) is 4.27. The predicted molar refractivity (Wildman–Crippen MR) is 88.2 cm³/mol. The quantitative estimate of drug-likeness (QED) is 0.849. The van der Waals surface area contributed by atoms with Gasteiger partial charge in [0.05, 0.1) is 30.2 Å². The topological polar surface area (TPSA) is 70.0 Å². The maximum atomic E-state index is 12.1. The summed E-state index contributed by atoms with van der Waals surface area (Å²) in [5, 5.41) is 2.92. The van der Waals surface area contributed by atoms with Crippen LogP contribution in [0.3, 0.4) is 0 Å². The van der Waals surface area contributed by atoms with Gasteiger partial charge in [-0.3, -0.25) is 14.8 Å². The number of carbonyl (C=O) groups is 1. The number of aliphatic imine (C=N–C) groups is 2. The molecule has 1 aromatic rings. The first-order valence-electron chi connectivity index (χ1n) is 7.61. The predicted octanol–water partition coefficient (Wildman–Crippen LogP) is 2.45. The van der Waals surface area contributed by atoms with Gasteiger partial charge >= 0.3 is 0 Å². The molecule has 6 nitrogen and oxygen atoms in total. The van der Waals surface area contributed by atoms with E-state index < -0.39 is 0 Å². The number of nitrogens with one attached hydrogen (secondary N) is 1. The van der Waals surface area contributed by atoms with Crippen LogP contribution in [0.1, 0.15) is 36.5 Å². The molecule has 0 bridgehead atoms. The van der Waals surface area contributed by atoms with Gasteiger partial charge in [-0.1, -0.05) is 19.8 Å². The second-order valence-corrected chi connectivity index (χ2v) is 5.28. The number of allylic oxidation sites excluding steroid dienone is 1. The molecule has 0 spiro atoms. The summed E-state index contributed by atoms with van der Waals surface area (Å²) in [7, 11) is 0. The van der Waals surface area contributed by atoms with Crippen LogP contribution in [0.25, 0.3) is 0 Å². The van der Waals surface area contributed by atoms with Gasteiger partial charge < -0.3 is 10.2 Å². The van der Waals surface area contributed by atoms with Gasteiger partial charge in [0, 0.05) is 19.0 Å². The summed E-state index contributed by atoms with van der Waals surface area (Å²) in [6.45, 7) is 3.50. The highest BCUT2D eigenvalue weighted by Gasteiger charge is 2.22. The number of anilines is 1. The number of nitrogens with zero attached hydrogens (tertiary/aromatic N) is 4. The summed E-state index contributed by atoms with van der Waals surface area (Å²) < 4.78 is 0. The van der Waals surface area contributed by atoms with E-state index in [1.54, 1.807) is 24.7 Å². The monoisotopic (exact) mass is 297 g/mol. The number of amides is 1. The number of carbonyl (C=O) groups excluding carboxylic acids is 1. The third-order valence-electron chi connectivity index (χ3n) is 3.66. The van der Waals surface area contributed by atoms with Crippen LogP contribution in [0, 0.1) is 0 Å². The van der Waals surface area contributed by atoms with Crippen LogP contribution in [0.5, 0.6) is 0 Å². The van der Waals surface area contributed by atoms with Crippen LogP contribution in [-0.2, 0) is 0 Å². The molecule has 0 saturated heterocycles. The third-order valence-corrected chi connectivity index (χ3v) is 3.66. The molecule has 0 fully saturated rings. The highest BCUT2D eigenvalue weighted by molar-refractivity contribution is 5.99. The normalized spacial score (nSPS) is 15.1. The first-order chi connectivity index (χ1) is 10.8. The van der Waals surface area contributed by atoms with Gasteiger partial charge in [-0.05, 0) is 12.5 Å². The van der Waals surface area contributed by atoms with E-state index in [1.165, 1.54) is 0 Å². The number of unbranched alkanes of at least 4 members (excludes halogenated alkanes) is 2. The van der Waals surface area contributed by atoms with E-state index >= 15 is 0 Å². The Morgan fingerprint density at radius 1 is 1.41 bits per heavy atom. The highest BCUT2D eigenvalue weighted by atomic mass is 16.1. The van der Waals surface area contributed by atoms with Gasteiger partial charge in [0.2, 0.25) is 0 Å². The molecule has 1 N–H and O–H groups in total. The molecule has 114 valence electrons. The van der Waals surface area contributed by atoms with Crippen molar-refractivity contribution in [2.24, 2.45) is 9.98 Å².